The van der Waals surface area contributed by atoms with E-state index in [0.717, 1.165) is 11.3 Å². The highest BCUT2D eigenvalue weighted by Gasteiger charge is 2.37. The standard InChI is InChI=1S/C17H16ClNO4S/c1-12-4-2-3-5-16(12)23-14-8-6-13(7-9-14)19-11-15(10-17(19)20)24(18,21)22/h2-9,15H,10-11H2,1H3. The molecule has 1 aliphatic rings. The second-order valence-corrected chi connectivity index (χ2v) is 8.58. The van der Waals surface area contributed by atoms with Gasteiger partial charge in [-0.3, -0.25) is 4.79 Å². The molecule has 0 saturated carbocycles. The van der Waals surface area contributed by atoms with E-state index in [9.17, 15) is 13.2 Å². The number of aryl methyl sites for hydroxylation is 1. The number of anilines is 1. The van der Waals surface area contributed by atoms with Crippen LogP contribution in [0.4, 0.5) is 5.69 Å². The highest BCUT2D eigenvalue weighted by Crippen LogP contribution is 2.30. The van der Waals surface area contributed by atoms with Crippen molar-refractivity contribution in [1.29, 1.82) is 0 Å². The zero-order valence-electron chi connectivity index (χ0n) is 13.0. The van der Waals surface area contributed by atoms with E-state index >= 15 is 0 Å². The molecule has 1 saturated heterocycles. The van der Waals surface area contributed by atoms with E-state index in [0.29, 0.717) is 11.4 Å². The molecule has 1 unspecified atom stereocenters. The van der Waals surface area contributed by atoms with Crippen LogP contribution in [0, 0.1) is 6.92 Å². The molecule has 2 aromatic rings. The number of nitrogens with zero attached hydrogens (tertiary/aromatic N) is 1. The molecule has 0 spiro atoms. The van der Waals surface area contributed by atoms with Gasteiger partial charge in [-0.15, -0.1) is 0 Å². The normalized spacial score (nSPS) is 18.0. The molecule has 1 amide bonds. The van der Waals surface area contributed by atoms with E-state index in [4.69, 9.17) is 15.4 Å². The third-order valence-corrected chi connectivity index (χ3v) is 5.83. The fourth-order valence-corrected chi connectivity index (χ4v) is 3.63. The topological polar surface area (TPSA) is 63.7 Å². The second-order valence-electron chi connectivity index (χ2n) is 5.67. The number of para-hydroxylation sites is 1. The Bertz CT molecular complexity index is 864. The SMILES string of the molecule is Cc1ccccc1Oc1ccc(N2CC(S(=O)(=O)Cl)CC2=O)cc1. The van der Waals surface area contributed by atoms with Gasteiger partial charge in [-0.2, -0.15) is 0 Å². The summed E-state index contributed by atoms with van der Waals surface area (Å²) >= 11 is 0. The van der Waals surface area contributed by atoms with Gasteiger partial charge in [0.15, 0.2) is 0 Å². The van der Waals surface area contributed by atoms with Crippen LogP contribution in [0.5, 0.6) is 11.5 Å². The molecule has 126 valence electrons. The maximum absolute atomic E-state index is 12.0. The van der Waals surface area contributed by atoms with Gasteiger partial charge in [0.25, 0.3) is 0 Å². The summed E-state index contributed by atoms with van der Waals surface area (Å²) < 4.78 is 28.6. The number of hydrogen-bond donors (Lipinski definition) is 0. The van der Waals surface area contributed by atoms with Crippen molar-refractivity contribution in [1.82, 2.24) is 0 Å². The molecule has 0 aromatic heterocycles. The molecule has 1 heterocycles. The molecule has 0 N–H and O–H groups in total. The van der Waals surface area contributed by atoms with E-state index in [1.165, 1.54) is 4.90 Å². The number of halogens is 1. The van der Waals surface area contributed by atoms with Gasteiger partial charge in [0.05, 0.1) is 0 Å². The summed E-state index contributed by atoms with van der Waals surface area (Å²) in [6.07, 6.45) is -0.0900. The van der Waals surface area contributed by atoms with Gasteiger partial charge in [-0.25, -0.2) is 8.42 Å². The van der Waals surface area contributed by atoms with Gasteiger partial charge in [0, 0.05) is 29.3 Å². The Morgan fingerprint density at radius 1 is 1.12 bits per heavy atom. The van der Waals surface area contributed by atoms with Crippen LogP contribution in [0.15, 0.2) is 48.5 Å². The number of carbonyl (C=O) groups excluding carboxylic acids is 1. The number of ether oxygens (including phenoxy) is 1. The predicted octanol–water partition coefficient (Wildman–Crippen LogP) is 3.46. The summed E-state index contributed by atoms with van der Waals surface area (Å²) in [6, 6.07) is 14.6. The monoisotopic (exact) mass is 365 g/mol. The highest BCUT2D eigenvalue weighted by atomic mass is 35.7. The zero-order valence-corrected chi connectivity index (χ0v) is 14.5. The number of rotatable bonds is 4. The third kappa shape index (κ3) is 3.55. The molecule has 0 bridgehead atoms. The van der Waals surface area contributed by atoms with Gasteiger partial charge in [-0.1, -0.05) is 18.2 Å². The van der Waals surface area contributed by atoms with E-state index < -0.39 is 14.3 Å². The zero-order chi connectivity index (χ0) is 17.3. The van der Waals surface area contributed by atoms with Crippen LogP contribution in [-0.4, -0.2) is 26.1 Å². The minimum absolute atomic E-state index is 0.0721. The molecule has 0 aliphatic carbocycles. The van der Waals surface area contributed by atoms with Crippen molar-refractivity contribution in [2.45, 2.75) is 18.6 Å². The summed E-state index contributed by atoms with van der Waals surface area (Å²) in [7, 11) is 1.62. The van der Waals surface area contributed by atoms with Crippen LogP contribution >= 0.6 is 10.7 Å². The number of carbonyl (C=O) groups is 1. The molecule has 7 heteroatoms. The Morgan fingerprint density at radius 3 is 2.38 bits per heavy atom. The van der Waals surface area contributed by atoms with Crippen LogP contribution in [0.3, 0.4) is 0 Å². The molecular formula is C17H16ClNO4S. The van der Waals surface area contributed by atoms with Crippen LogP contribution < -0.4 is 9.64 Å². The molecule has 3 rings (SSSR count). The Balaban J connectivity index is 1.76. The fourth-order valence-electron chi connectivity index (χ4n) is 2.60. The smallest absolute Gasteiger partial charge is 0.237 e. The van der Waals surface area contributed by atoms with Crippen LogP contribution in [0.1, 0.15) is 12.0 Å². The summed E-state index contributed by atoms with van der Waals surface area (Å²) in [5, 5.41) is -0.866. The molecule has 0 radical (unpaired) electrons. The molecule has 5 nitrogen and oxygen atoms in total. The molecule has 1 aliphatic heterocycles. The van der Waals surface area contributed by atoms with Gasteiger partial charge in [0.1, 0.15) is 16.7 Å². The number of hydrogen-bond acceptors (Lipinski definition) is 4. The quantitative estimate of drug-likeness (QED) is 0.778. The van der Waals surface area contributed by atoms with Crippen LogP contribution in [-0.2, 0) is 13.8 Å². The van der Waals surface area contributed by atoms with Crippen LogP contribution in [0.25, 0.3) is 0 Å². The lowest BCUT2D eigenvalue weighted by molar-refractivity contribution is -0.117. The van der Waals surface area contributed by atoms with Gasteiger partial charge in [0.2, 0.25) is 15.0 Å². The van der Waals surface area contributed by atoms with E-state index in [1.807, 2.05) is 31.2 Å². The molecule has 2 aromatic carbocycles. The van der Waals surface area contributed by atoms with E-state index in [-0.39, 0.29) is 18.9 Å². The Hall–Kier alpha value is -2.05. The predicted molar refractivity (Wildman–Crippen MR) is 93.2 cm³/mol. The summed E-state index contributed by atoms with van der Waals surface area (Å²) in [4.78, 5) is 13.5. The molecule has 24 heavy (non-hydrogen) atoms. The highest BCUT2D eigenvalue weighted by molar-refractivity contribution is 8.14. The third-order valence-electron chi connectivity index (χ3n) is 3.96. The molecule has 1 atom stereocenters. The first-order chi connectivity index (χ1) is 11.3. The summed E-state index contributed by atoms with van der Waals surface area (Å²) in [5.74, 6) is 1.15. The summed E-state index contributed by atoms with van der Waals surface area (Å²) in [6.45, 7) is 2.03. The maximum Gasteiger partial charge on any atom is 0.237 e. The number of amides is 1. The first kappa shape index (κ1) is 16.8. The minimum Gasteiger partial charge on any atom is -0.457 e. The van der Waals surface area contributed by atoms with Crippen molar-refractivity contribution in [2.24, 2.45) is 0 Å². The first-order valence-corrected chi connectivity index (χ1v) is 9.79. The fraction of sp³-hybridized carbons (Fsp3) is 0.235. The van der Waals surface area contributed by atoms with Gasteiger partial charge in [-0.05, 0) is 42.8 Å². The Labute approximate surface area is 145 Å². The van der Waals surface area contributed by atoms with Crippen molar-refractivity contribution < 1.29 is 17.9 Å². The Kier molecular flexibility index (Phi) is 4.51. The minimum atomic E-state index is -3.74. The van der Waals surface area contributed by atoms with Crippen molar-refractivity contribution in [3.63, 3.8) is 0 Å². The summed E-state index contributed by atoms with van der Waals surface area (Å²) in [5.41, 5.74) is 1.64. The average molecular weight is 366 g/mol. The lowest BCUT2D eigenvalue weighted by Gasteiger charge is -2.17. The number of benzene rings is 2. The van der Waals surface area contributed by atoms with Crippen molar-refractivity contribution in [3.8, 4) is 11.5 Å². The van der Waals surface area contributed by atoms with Crippen molar-refractivity contribution in [3.05, 3.63) is 54.1 Å². The van der Waals surface area contributed by atoms with E-state index in [1.54, 1.807) is 24.3 Å². The van der Waals surface area contributed by atoms with Gasteiger partial charge >= 0.3 is 0 Å². The van der Waals surface area contributed by atoms with Gasteiger partial charge < -0.3 is 9.64 Å². The Morgan fingerprint density at radius 2 is 1.79 bits per heavy atom. The van der Waals surface area contributed by atoms with Crippen LogP contribution in [0.2, 0.25) is 0 Å². The lowest BCUT2D eigenvalue weighted by Crippen LogP contribution is -2.26. The maximum atomic E-state index is 12.0. The second kappa shape index (κ2) is 6.45. The van der Waals surface area contributed by atoms with Crippen molar-refractivity contribution in [2.75, 3.05) is 11.4 Å². The lowest BCUT2D eigenvalue weighted by atomic mass is 10.2. The van der Waals surface area contributed by atoms with E-state index in [2.05, 4.69) is 0 Å². The molecule has 1 fully saturated rings. The van der Waals surface area contributed by atoms with Crippen molar-refractivity contribution >= 4 is 31.3 Å². The first-order valence-electron chi connectivity index (χ1n) is 7.42. The average Bonchev–Trinajstić information content (AvgIpc) is 2.93. The largest absolute Gasteiger partial charge is 0.457 e. The molecular weight excluding hydrogens is 350 g/mol.